The molecule has 2 aromatic rings. The molecule has 0 N–H and O–H groups in total. The zero-order valence-electron chi connectivity index (χ0n) is 16.9. The van der Waals surface area contributed by atoms with Crippen LogP contribution in [0.4, 0.5) is 8.78 Å². The van der Waals surface area contributed by atoms with Crippen LogP contribution in [0.25, 0.3) is 12.2 Å². The van der Waals surface area contributed by atoms with E-state index < -0.39 is 30.8 Å². The molecule has 2 heterocycles. The second kappa shape index (κ2) is 9.47. The highest BCUT2D eigenvalue weighted by Crippen LogP contribution is 2.32. The first-order valence-electron chi connectivity index (χ1n) is 9.69. The summed E-state index contributed by atoms with van der Waals surface area (Å²) in [5, 5.41) is 9.03. The number of aromatic nitrogens is 1. The third kappa shape index (κ3) is 5.51. The maximum Gasteiger partial charge on any atom is 0.268 e. The minimum atomic E-state index is -3.08. The number of ketones is 1. The predicted molar refractivity (Wildman–Crippen MR) is 110 cm³/mol. The van der Waals surface area contributed by atoms with Crippen molar-refractivity contribution in [3.8, 4) is 11.8 Å². The van der Waals surface area contributed by atoms with Gasteiger partial charge in [0, 0.05) is 42.8 Å². The largest absolute Gasteiger partial charge is 0.497 e. The number of rotatable bonds is 7. The molecule has 0 unspecified atom stereocenters. The van der Waals surface area contributed by atoms with Gasteiger partial charge in [0.15, 0.2) is 5.78 Å². The minimum absolute atomic E-state index is 0.146. The molecule has 1 saturated heterocycles. The quantitative estimate of drug-likeness (QED) is 0.627. The summed E-state index contributed by atoms with van der Waals surface area (Å²) in [6, 6.07) is 9.49. The van der Waals surface area contributed by atoms with Crippen molar-refractivity contribution in [3.63, 3.8) is 0 Å². The van der Waals surface area contributed by atoms with Crippen molar-refractivity contribution < 1.29 is 23.1 Å². The van der Waals surface area contributed by atoms with Gasteiger partial charge in [0.1, 0.15) is 11.8 Å². The Morgan fingerprint density at radius 1 is 1.26 bits per heavy atom. The van der Waals surface area contributed by atoms with Gasteiger partial charge in [-0.15, -0.1) is 0 Å². The van der Waals surface area contributed by atoms with Crippen molar-refractivity contribution in [2.45, 2.75) is 31.2 Å². The number of hydrogen-bond acceptors (Lipinski definition) is 5. The SMILES string of the molecule is COc1ccc(/C=C/c2cnccc2C(=O)CCC(=O)N2CC(F)(F)C[C@H]2C#N)cc1. The number of alkyl halides is 2. The first-order chi connectivity index (χ1) is 14.8. The molecule has 3 rings (SSSR count). The summed E-state index contributed by atoms with van der Waals surface area (Å²) < 4.78 is 32.2. The molecule has 1 amide bonds. The van der Waals surface area contributed by atoms with Gasteiger partial charge < -0.3 is 9.64 Å². The van der Waals surface area contributed by atoms with Gasteiger partial charge in [0.2, 0.25) is 5.91 Å². The molecule has 0 saturated carbocycles. The van der Waals surface area contributed by atoms with E-state index in [-0.39, 0.29) is 18.6 Å². The standard InChI is InChI=1S/C23H21F2N3O3/c1-31-19-6-3-16(4-7-19)2-5-17-14-27-11-10-20(17)21(29)8-9-22(30)28-15-23(24,25)12-18(28)13-26/h2-7,10-11,14,18H,8-9,12,15H2,1H3/b5-2+/t18-/m0/s1. The van der Waals surface area contributed by atoms with Crippen LogP contribution in [0, 0.1) is 11.3 Å². The number of hydrogen-bond donors (Lipinski definition) is 0. The second-order valence-corrected chi connectivity index (χ2v) is 7.22. The summed E-state index contributed by atoms with van der Waals surface area (Å²) in [6.07, 6.45) is 5.53. The van der Waals surface area contributed by atoms with E-state index in [1.807, 2.05) is 30.3 Å². The van der Waals surface area contributed by atoms with Crippen molar-refractivity contribution in [1.29, 1.82) is 5.26 Å². The molecule has 6 nitrogen and oxygen atoms in total. The highest BCUT2D eigenvalue weighted by molar-refractivity contribution is 6.01. The van der Waals surface area contributed by atoms with Crippen molar-refractivity contribution >= 4 is 23.8 Å². The number of ether oxygens (including phenoxy) is 1. The van der Waals surface area contributed by atoms with Crippen LogP contribution in [0.1, 0.15) is 40.7 Å². The second-order valence-electron chi connectivity index (χ2n) is 7.22. The van der Waals surface area contributed by atoms with Gasteiger partial charge in [0.05, 0.1) is 19.7 Å². The van der Waals surface area contributed by atoms with Crippen molar-refractivity contribution in [3.05, 3.63) is 59.4 Å². The van der Waals surface area contributed by atoms with Crippen molar-refractivity contribution in [1.82, 2.24) is 9.88 Å². The summed E-state index contributed by atoms with van der Waals surface area (Å²) in [5.41, 5.74) is 1.87. The first-order valence-corrected chi connectivity index (χ1v) is 9.69. The van der Waals surface area contributed by atoms with Crippen LogP contribution < -0.4 is 4.74 Å². The molecule has 1 aliphatic rings. The molecule has 0 spiro atoms. The number of amides is 1. The minimum Gasteiger partial charge on any atom is -0.497 e. The third-order valence-corrected chi connectivity index (χ3v) is 5.03. The van der Waals surface area contributed by atoms with Crippen LogP contribution in [0.15, 0.2) is 42.7 Å². The van der Waals surface area contributed by atoms with Crippen LogP contribution >= 0.6 is 0 Å². The summed E-state index contributed by atoms with van der Waals surface area (Å²) in [4.78, 5) is 29.9. The van der Waals surface area contributed by atoms with Crippen LogP contribution in [-0.4, -0.2) is 47.2 Å². The number of pyridine rings is 1. The number of carbonyl (C=O) groups excluding carboxylic acids is 2. The van der Waals surface area contributed by atoms with E-state index in [1.54, 1.807) is 31.5 Å². The lowest BCUT2D eigenvalue weighted by Gasteiger charge is -2.18. The fraction of sp³-hybridized carbons (Fsp3) is 0.304. The van der Waals surface area contributed by atoms with Gasteiger partial charge in [0.25, 0.3) is 5.92 Å². The average molecular weight is 425 g/mol. The Morgan fingerprint density at radius 2 is 2.00 bits per heavy atom. The van der Waals surface area contributed by atoms with Gasteiger partial charge in [-0.2, -0.15) is 5.26 Å². The number of benzene rings is 1. The highest BCUT2D eigenvalue weighted by atomic mass is 19.3. The summed E-state index contributed by atoms with van der Waals surface area (Å²) in [7, 11) is 1.58. The Labute approximate surface area is 178 Å². The lowest BCUT2D eigenvalue weighted by atomic mass is 10.0. The summed E-state index contributed by atoms with van der Waals surface area (Å²) >= 11 is 0. The predicted octanol–water partition coefficient (Wildman–Crippen LogP) is 3.98. The van der Waals surface area contributed by atoms with E-state index in [0.717, 1.165) is 16.2 Å². The van der Waals surface area contributed by atoms with E-state index in [4.69, 9.17) is 10.00 Å². The van der Waals surface area contributed by atoms with E-state index >= 15 is 0 Å². The number of carbonyl (C=O) groups is 2. The van der Waals surface area contributed by atoms with Crippen LogP contribution in [0.5, 0.6) is 5.75 Å². The highest BCUT2D eigenvalue weighted by Gasteiger charge is 2.47. The maximum absolute atomic E-state index is 13.5. The molecule has 1 aliphatic heterocycles. The smallest absolute Gasteiger partial charge is 0.268 e. The van der Waals surface area contributed by atoms with Gasteiger partial charge in [-0.3, -0.25) is 14.6 Å². The van der Waals surface area contributed by atoms with Crippen LogP contribution in [0.3, 0.4) is 0 Å². The lowest BCUT2D eigenvalue weighted by Crippen LogP contribution is -2.36. The number of nitrogens with zero attached hydrogens (tertiary/aromatic N) is 3. The molecule has 0 aliphatic carbocycles. The first kappa shape index (κ1) is 22.1. The monoisotopic (exact) mass is 425 g/mol. The van der Waals surface area contributed by atoms with Crippen molar-refractivity contribution in [2.24, 2.45) is 0 Å². The summed E-state index contributed by atoms with van der Waals surface area (Å²) in [5.74, 6) is -3.27. The van der Waals surface area contributed by atoms with Gasteiger partial charge in [-0.05, 0) is 23.8 Å². The molecule has 1 aromatic carbocycles. The fourth-order valence-corrected chi connectivity index (χ4v) is 3.39. The van der Waals surface area contributed by atoms with Crippen molar-refractivity contribution in [2.75, 3.05) is 13.7 Å². The molecule has 1 aromatic heterocycles. The number of nitriles is 1. The molecule has 31 heavy (non-hydrogen) atoms. The van der Waals surface area contributed by atoms with Gasteiger partial charge in [-0.25, -0.2) is 8.78 Å². The van der Waals surface area contributed by atoms with E-state index in [1.165, 1.54) is 6.20 Å². The Balaban J connectivity index is 1.66. The van der Waals surface area contributed by atoms with E-state index in [9.17, 15) is 18.4 Å². The molecular weight excluding hydrogens is 404 g/mol. The molecule has 1 fully saturated rings. The number of likely N-dealkylation sites (tertiary alicyclic amines) is 1. The number of Topliss-reactive ketones (excluding diaryl/α,β-unsaturated/α-hetero) is 1. The molecule has 1 atom stereocenters. The molecule has 160 valence electrons. The average Bonchev–Trinajstić information content (AvgIpc) is 3.11. The normalized spacial score (nSPS) is 17.5. The van der Waals surface area contributed by atoms with Gasteiger partial charge in [-0.1, -0.05) is 24.3 Å². The molecule has 0 radical (unpaired) electrons. The van der Waals surface area contributed by atoms with Crippen LogP contribution in [0.2, 0.25) is 0 Å². The fourth-order valence-electron chi connectivity index (χ4n) is 3.39. The summed E-state index contributed by atoms with van der Waals surface area (Å²) in [6.45, 7) is -0.788. The maximum atomic E-state index is 13.5. The zero-order valence-corrected chi connectivity index (χ0v) is 16.9. The Bertz CT molecular complexity index is 1030. The van der Waals surface area contributed by atoms with E-state index in [2.05, 4.69) is 4.98 Å². The number of halogens is 2. The molecule has 8 heteroatoms. The van der Waals surface area contributed by atoms with Gasteiger partial charge >= 0.3 is 0 Å². The lowest BCUT2D eigenvalue weighted by molar-refractivity contribution is -0.132. The Morgan fingerprint density at radius 3 is 2.68 bits per heavy atom. The van der Waals surface area contributed by atoms with E-state index in [0.29, 0.717) is 11.1 Å². The molecular formula is C23H21F2N3O3. The Hall–Kier alpha value is -3.60. The topological polar surface area (TPSA) is 83.3 Å². The Kier molecular flexibility index (Phi) is 6.75. The number of methoxy groups -OCH3 is 1. The van der Waals surface area contributed by atoms with Crippen LogP contribution in [-0.2, 0) is 4.79 Å². The third-order valence-electron chi connectivity index (χ3n) is 5.03. The molecule has 0 bridgehead atoms. The zero-order chi connectivity index (χ0) is 22.4.